The number of halogens is 1. The Balaban J connectivity index is 0.00000578. The van der Waals surface area contributed by atoms with Gasteiger partial charge in [0.25, 0.3) is 0 Å². The number of rotatable bonds is 13. The van der Waals surface area contributed by atoms with Crippen molar-refractivity contribution in [2.75, 3.05) is 48.6 Å². The van der Waals surface area contributed by atoms with Gasteiger partial charge in [-0.05, 0) is 74.2 Å². The van der Waals surface area contributed by atoms with Crippen molar-refractivity contribution in [2.24, 2.45) is 5.92 Å². The molecule has 0 aliphatic heterocycles. The third-order valence-electron chi connectivity index (χ3n) is 6.42. The zero-order valence-corrected chi connectivity index (χ0v) is 22.7. The third kappa shape index (κ3) is 7.93. The van der Waals surface area contributed by atoms with Crippen LogP contribution in [-0.2, 0) is 11.8 Å². The van der Waals surface area contributed by atoms with Crippen LogP contribution in [0.3, 0.4) is 0 Å². The van der Waals surface area contributed by atoms with Crippen molar-refractivity contribution in [3.8, 4) is 29.1 Å². The van der Waals surface area contributed by atoms with Gasteiger partial charge in [-0.3, -0.25) is 0 Å². The largest absolute Gasteiger partial charge is 1.00 e. The van der Waals surface area contributed by atoms with Crippen LogP contribution in [-0.4, -0.2) is 59.0 Å². The minimum atomic E-state index is -0.580. The smallest absolute Gasteiger partial charge is 0.161 e. The van der Waals surface area contributed by atoms with E-state index in [0.29, 0.717) is 11.5 Å². The van der Waals surface area contributed by atoms with Crippen molar-refractivity contribution in [3.63, 3.8) is 0 Å². The second-order valence-corrected chi connectivity index (χ2v) is 8.65. The second-order valence-electron chi connectivity index (χ2n) is 8.65. The molecule has 0 aliphatic rings. The summed E-state index contributed by atoms with van der Waals surface area (Å²) in [5.74, 6) is 2.99. The summed E-state index contributed by atoms with van der Waals surface area (Å²) in [6.45, 7) is 6.06. The van der Waals surface area contributed by atoms with Gasteiger partial charge in [-0.25, -0.2) is 0 Å². The molecule has 2 N–H and O–H groups in total. The maximum absolute atomic E-state index is 10.2. The average Bonchev–Trinajstić information content (AvgIpc) is 2.84. The number of methoxy groups -OCH3 is 4. The average molecular weight is 508 g/mol. The molecule has 0 saturated heterocycles. The van der Waals surface area contributed by atoms with E-state index < -0.39 is 5.41 Å². The van der Waals surface area contributed by atoms with Gasteiger partial charge >= 0.3 is 0 Å². The minimum Gasteiger partial charge on any atom is -1.00 e. The molecule has 2 aromatic rings. The Morgan fingerprint density at radius 3 is 1.91 bits per heavy atom. The number of nitrogens with zero attached hydrogens (tertiary/aromatic N) is 2. The van der Waals surface area contributed by atoms with Crippen LogP contribution in [0.2, 0.25) is 0 Å². The van der Waals surface area contributed by atoms with E-state index in [0.717, 1.165) is 49.4 Å². The van der Waals surface area contributed by atoms with E-state index >= 15 is 0 Å². The molecule has 0 aliphatic carbocycles. The van der Waals surface area contributed by atoms with Gasteiger partial charge in [0.1, 0.15) is 0 Å². The molecule has 2 aromatic carbocycles. The lowest BCUT2D eigenvalue weighted by Gasteiger charge is -2.32. The molecule has 0 aromatic heterocycles. The van der Waals surface area contributed by atoms with E-state index in [-0.39, 0.29) is 23.8 Å². The van der Waals surface area contributed by atoms with E-state index in [1.807, 2.05) is 30.3 Å². The molecule has 2 rings (SSSR count). The van der Waals surface area contributed by atoms with Crippen LogP contribution >= 0.6 is 0 Å². The van der Waals surface area contributed by atoms with Gasteiger partial charge in [0.2, 0.25) is 0 Å². The van der Waals surface area contributed by atoms with Crippen molar-refractivity contribution >= 4 is 0 Å². The lowest BCUT2D eigenvalue weighted by Crippen LogP contribution is -3.00. The fourth-order valence-electron chi connectivity index (χ4n) is 4.23. The molecule has 35 heavy (non-hydrogen) atoms. The van der Waals surface area contributed by atoms with Gasteiger partial charge in [-0.2, -0.15) is 5.26 Å². The highest BCUT2D eigenvalue weighted by Gasteiger charge is 2.36. The molecule has 0 radical (unpaired) electrons. The fourth-order valence-corrected chi connectivity index (χ4v) is 4.23. The van der Waals surface area contributed by atoms with Gasteiger partial charge < -0.3 is 41.7 Å². The van der Waals surface area contributed by atoms with Gasteiger partial charge in [0, 0.05) is 6.54 Å². The summed E-state index contributed by atoms with van der Waals surface area (Å²) in [6, 6.07) is 14.5. The Morgan fingerprint density at radius 1 is 0.857 bits per heavy atom. The van der Waals surface area contributed by atoms with E-state index in [2.05, 4.69) is 37.9 Å². The lowest BCUT2D eigenvalue weighted by atomic mass is 9.69. The summed E-state index contributed by atoms with van der Waals surface area (Å²) in [6.07, 6.45) is 2.61. The van der Waals surface area contributed by atoms with Gasteiger partial charge in [0.05, 0.1) is 39.9 Å². The van der Waals surface area contributed by atoms with Gasteiger partial charge in [-0.1, -0.05) is 26.0 Å². The zero-order chi connectivity index (χ0) is 24.4. The molecular formula is C27H40ClN2O5-. The Hall–Kier alpha value is -2.66. The van der Waals surface area contributed by atoms with E-state index in [9.17, 15) is 5.26 Å². The van der Waals surface area contributed by atoms with Crippen LogP contribution < -0.4 is 31.4 Å². The van der Waals surface area contributed by atoms with Crippen molar-refractivity contribution in [1.82, 2.24) is 4.90 Å². The molecule has 1 atom stereocenters. The van der Waals surface area contributed by atoms with Gasteiger partial charge in [0.15, 0.2) is 23.0 Å². The Morgan fingerprint density at radius 2 is 1.40 bits per heavy atom. The van der Waals surface area contributed by atoms with Crippen LogP contribution in [0.4, 0.5) is 0 Å². The third-order valence-corrected chi connectivity index (χ3v) is 6.42. The highest BCUT2D eigenvalue weighted by atomic mass is 35.5. The number of hydrogen-bond donors (Lipinski definition) is 0. The summed E-state index contributed by atoms with van der Waals surface area (Å²) in [4.78, 5) is 2.31. The molecule has 0 fully saturated rings. The zero-order valence-electron chi connectivity index (χ0n) is 22.0. The first kappa shape index (κ1) is 32.3. The predicted octanol–water partition coefficient (Wildman–Crippen LogP) is 1.27. The quantitative estimate of drug-likeness (QED) is 0.405. The first-order valence-electron chi connectivity index (χ1n) is 11.4. The molecule has 7 nitrogen and oxygen atoms in total. The Kier molecular flexibility index (Phi) is 14.2. The van der Waals surface area contributed by atoms with Crippen LogP contribution in [0, 0.1) is 17.2 Å². The molecule has 0 spiro atoms. The molecule has 8 heteroatoms. The lowest BCUT2D eigenvalue weighted by molar-refractivity contribution is -0.00000952. The maximum Gasteiger partial charge on any atom is 0.161 e. The van der Waals surface area contributed by atoms with Crippen LogP contribution in [0.5, 0.6) is 23.0 Å². The summed E-state index contributed by atoms with van der Waals surface area (Å²) < 4.78 is 21.6. The van der Waals surface area contributed by atoms with Crippen molar-refractivity contribution in [2.45, 2.75) is 38.5 Å². The predicted molar refractivity (Wildman–Crippen MR) is 135 cm³/mol. The number of hydrogen-bond acceptors (Lipinski definition) is 6. The van der Waals surface area contributed by atoms with E-state index in [1.165, 1.54) is 5.56 Å². The van der Waals surface area contributed by atoms with Crippen molar-refractivity contribution in [3.05, 3.63) is 47.5 Å². The summed E-state index contributed by atoms with van der Waals surface area (Å²) in [5, 5.41) is 10.2. The number of benzene rings is 2. The first-order valence-corrected chi connectivity index (χ1v) is 11.4. The summed E-state index contributed by atoms with van der Waals surface area (Å²) in [5.41, 5.74) is 1.60. The van der Waals surface area contributed by atoms with Crippen molar-refractivity contribution < 1.29 is 36.8 Å². The Bertz CT molecular complexity index is 948. The molecule has 0 saturated carbocycles. The molecular weight excluding hydrogens is 468 g/mol. The van der Waals surface area contributed by atoms with E-state index in [4.69, 9.17) is 18.9 Å². The highest BCUT2D eigenvalue weighted by molar-refractivity contribution is 5.47. The number of ether oxygens (including phenoxy) is 4. The van der Waals surface area contributed by atoms with Crippen LogP contribution in [0.1, 0.15) is 37.8 Å². The summed E-state index contributed by atoms with van der Waals surface area (Å²) in [7, 11) is 8.67. The molecule has 0 amide bonds. The van der Waals surface area contributed by atoms with Crippen LogP contribution in [0.15, 0.2) is 36.4 Å². The van der Waals surface area contributed by atoms with Crippen LogP contribution in [0.25, 0.3) is 0 Å². The number of likely N-dealkylation sites (N-methyl/N-ethyl adjacent to an activating group) is 1. The Labute approximate surface area is 216 Å². The molecule has 0 bridgehead atoms. The monoisotopic (exact) mass is 507 g/mol. The summed E-state index contributed by atoms with van der Waals surface area (Å²) >= 11 is 0. The normalized spacial score (nSPS) is 12.1. The second kappa shape index (κ2) is 15.4. The van der Waals surface area contributed by atoms with Crippen molar-refractivity contribution in [1.29, 1.82) is 5.26 Å². The highest BCUT2D eigenvalue weighted by Crippen LogP contribution is 2.40. The first-order chi connectivity index (χ1) is 15.8. The fraction of sp³-hybridized carbons (Fsp3) is 0.519. The van der Waals surface area contributed by atoms with E-state index in [1.54, 1.807) is 28.4 Å². The SMILES string of the molecule is COc1ccc(CCN(C)CCCC(C#N)(c2ccc(OC)c(OC)c2)C(C)C)cc1OC.O.[Cl-]. The minimum absolute atomic E-state index is 0. The number of nitriles is 1. The molecule has 196 valence electrons. The standard InChI is InChI=1S/C27H38N2O4.ClH.H2O/c1-20(2)27(19-28,22-10-12-24(31-5)26(18-22)33-7)14-8-15-29(3)16-13-21-9-11-23(30-4)25(17-21)32-6;;/h9-12,17-18,20H,8,13-16H2,1-7H3;1H;1H2/p-1. The molecule has 0 heterocycles. The maximum atomic E-state index is 10.2. The molecule has 1 unspecified atom stereocenters. The van der Waals surface area contributed by atoms with Gasteiger partial charge in [-0.15, -0.1) is 0 Å². The topological polar surface area (TPSA) is 95.5 Å².